The van der Waals surface area contributed by atoms with Crippen LogP contribution in [0.5, 0.6) is 0 Å². The Morgan fingerprint density at radius 3 is 1.81 bits per heavy atom. The van der Waals surface area contributed by atoms with Gasteiger partial charge in [-0.1, -0.05) is 31.9 Å². The number of alkyl halides is 3. The summed E-state index contributed by atoms with van der Waals surface area (Å²) < 4.78 is 65.7. The van der Waals surface area contributed by atoms with Crippen LogP contribution in [0.15, 0.2) is 24.3 Å². The van der Waals surface area contributed by atoms with E-state index in [2.05, 4.69) is 19.1 Å². The van der Waals surface area contributed by atoms with Crippen molar-refractivity contribution < 1.29 is 22.0 Å². The summed E-state index contributed by atoms with van der Waals surface area (Å²) in [7, 11) is 0. The maximum atomic E-state index is 13.8. The van der Waals surface area contributed by atoms with E-state index in [1.807, 2.05) is 0 Å². The Kier molecular flexibility index (Phi) is 8.58. The van der Waals surface area contributed by atoms with E-state index < -0.39 is 23.4 Å². The Morgan fingerprint density at radius 2 is 1.32 bits per heavy atom. The molecule has 1 aromatic carbocycles. The average molecular weight is 443 g/mol. The zero-order chi connectivity index (χ0) is 22.4. The summed E-state index contributed by atoms with van der Waals surface area (Å²) in [4.78, 5) is 0. The zero-order valence-corrected chi connectivity index (χ0v) is 18.5. The van der Waals surface area contributed by atoms with Crippen LogP contribution in [0.1, 0.15) is 88.7 Å². The minimum absolute atomic E-state index is 0.320. The maximum absolute atomic E-state index is 13.8. The van der Waals surface area contributed by atoms with E-state index in [-0.39, 0.29) is 0 Å². The molecule has 0 saturated heterocycles. The largest absolute Gasteiger partial charge is 0.422 e. The number of halogens is 5. The number of hydrogen-bond acceptors (Lipinski definition) is 0. The molecule has 174 valence electrons. The first-order valence-corrected chi connectivity index (χ1v) is 12.0. The van der Waals surface area contributed by atoms with Crippen LogP contribution in [0.25, 0.3) is 0 Å². The average Bonchev–Trinajstić information content (AvgIpc) is 2.72. The third-order valence-corrected chi connectivity index (χ3v) is 7.55. The normalized spacial score (nSPS) is 27.7. The summed E-state index contributed by atoms with van der Waals surface area (Å²) in [5.74, 6) is -0.0334. The van der Waals surface area contributed by atoms with Crippen LogP contribution in [-0.4, -0.2) is 0 Å². The number of allylic oxidation sites excluding steroid dienone is 2. The number of rotatable bonds is 7. The molecule has 2 saturated carbocycles. The topological polar surface area (TPSA) is 0 Å². The molecule has 2 fully saturated rings. The van der Waals surface area contributed by atoms with Crippen molar-refractivity contribution >= 4 is 0 Å². The Balaban J connectivity index is 1.42. The predicted molar refractivity (Wildman–Crippen MR) is 115 cm³/mol. The van der Waals surface area contributed by atoms with E-state index in [1.165, 1.54) is 44.9 Å². The van der Waals surface area contributed by atoms with Crippen LogP contribution >= 0.6 is 0 Å². The Hall–Kier alpha value is -1.39. The van der Waals surface area contributed by atoms with Gasteiger partial charge in [-0.25, -0.2) is 8.78 Å². The van der Waals surface area contributed by atoms with Gasteiger partial charge in [0.15, 0.2) is 0 Å². The van der Waals surface area contributed by atoms with E-state index in [0.717, 1.165) is 55.6 Å². The fourth-order valence-electron chi connectivity index (χ4n) is 5.71. The molecule has 0 aromatic heterocycles. The van der Waals surface area contributed by atoms with Crippen molar-refractivity contribution in [3.63, 3.8) is 0 Å². The first-order valence-electron chi connectivity index (χ1n) is 12.0. The molecule has 5 heteroatoms. The standard InChI is InChI=1S/C26H35F5/c1-2-3-4-5-18-8-12-21(13-9-18)22-14-10-19(11-15-22)6-7-20-16-23(27)25(24(28)17-20)26(29,30)31/h3-4,16-19,21-22H,2,5-15H2,1H3/b4-3+. The molecule has 2 aliphatic carbocycles. The van der Waals surface area contributed by atoms with Gasteiger partial charge in [0.25, 0.3) is 0 Å². The van der Waals surface area contributed by atoms with Gasteiger partial charge < -0.3 is 0 Å². The molecule has 0 N–H and O–H groups in total. The van der Waals surface area contributed by atoms with Crippen molar-refractivity contribution in [1.29, 1.82) is 0 Å². The minimum Gasteiger partial charge on any atom is -0.206 e. The molecule has 0 nitrogen and oxygen atoms in total. The van der Waals surface area contributed by atoms with Crippen LogP contribution < -0.4 is 0 Å². The first kappa shape index (κ1) is 24.3. The molecule has 0 spiro atoms. The molecule has 0 heterocycles. The quantitative estimate of drug-likeness (QED) is 0.292. The molecule has 0 bridgehead atoms. The van der Waals surface area contributed by atoms with Gasteiger partial charge in [0.2, 0.25) is 0 Å². The minimum atomic E-state index is -5.00. The second kappa shape index (κ2) is 11.0. The zero-order valence-electron chi connectivity index (χ0n) is 18.5. The lowest BCUT2D eigenvalue weighted by Crippen LogP contribution is -2.26. The van der Waals surface area contributed by atoms with Gasteiger partial charge in [0.1, 0.15) is 17.2 Å². The highest BCUT2D eigenvalue weighted by Crippen LogP contribution is 2.43. The molecule has 0 amide bonds. The fourth-order valence-corrected chi connectivity index (χ4v) is 5.71. The molecule has 1 aromatic rings. The predicted octanol–water partition coefficient (Wildman–Crippen LogP) is 8.89. The molecule has 0 aliphatic heterocycles. The van der Waals surface area contributed by atoms with Gasteiger partial charge >= 0.3 is 6.18 Å². The van der Waals surface area contributed by atoms with E-state index in [0.29, 0.717) is 17.9 Å². The van der Waals surface area contributed by atoms with Crippen LogP contribution in [0.4, 0.5) is 22.0 Å². The first-order chi connectivity index (χ1) is 14.8. The van der Waals surface area contributed by atoms with Gasteiger partial charge in [-0.2, -0.15) is 13.2 Å². The van der Waals surface area contributed by atoms with Crippen LogP contribution in [0, 0.1) is 35.3 Å². The monoisotopic (exact) mass is 442 g/mol. The Morgan fingerprint density at radius 1 is 0.806 bits per heavy atom. The van der Waals surface area contributed by atoms with Crippen molar-refractivity contribution in [3.8, 4) is 0 Å². The lowest BCUT2D eigenvalue weighted by atomic mass is 9.68. The second-order valence-electron chi connectivity index (χ2n) is 9.65. The van der Waals surface area contributed by atoms with E-state index in [1.54, 1.807) is 0 Å². The lowest BCUT2D eigenvalue weighted by molar-refractivity contribution is -0.142. The van der Waals surface area contributed by atoms with Gasteiger partial charge in [-0.15, -0.1) is 0 Å². The van der Waals surface area contributed by atoms with Crippen molar-refractivity contribution in [2.75, 3.05) is 0 Å². The molecular formula is C26H35F5. The number of hydrogen-bond donors (Lipinski definition) is 0. The maximum Gasteiger partial charge on any atom is 0.422 e. The second-order valence-corrected chi connectivity index (χ2v) is 9.65. The van der Waals surface area contributed by atoms with Crippen LogP contribution in [0.2, 0.25) is 0 Å². The van der Waals surface area contributed by atoms with Gasteiger partial charge in [-0.3, -0.25) is 0 Å². The molecular weight excluding hydrogens is 407 g/mol. The molecule has 31 heavy (non-hydrogen) atoms. The highest BCUT2D eigenvalue weighted by Gasteiger charge is 2.38. The van der Waals surface area contributed by atoms with Gasteiger partial charge in [-0.05, 0) is 106 Å². The molecule has 3 rings (SSSR count). The van der Waals surface area contributed by atoms with E-state index in [4.69, 9.17) is 0 Å². The van der Waals surface area contributed by atoms with E-state index in [9.17, 15) is 22.0 Å². The number of aryl methyl sites for hydroxylation is 1. The molecule has 0 atom stereocenters. The summed E-state index contributed by atoms with van der Waals surface area (Å²) >= 11 is 0. The SMILES string of the molecule is CC/C=C/CC1CCC(C2CCC(CCc3cc(F)c(C(F)(F)F)c(F)c3)CC2)CC1. The summed E-state index contributed by atoms with van der Waals surface area (Å²) in [6, 6.07) is 1.71. The lowest BCUT2D eigenvalue weighted by Gasteiger charge is -2.38. The van der Waals surface area contributed by atoms with Crippen LogP contribution in [0.3, 0.4) is 0 Å². The van der Waals surface area contributed by atoms with Crippen molar-refractivity contribution in [3.05, 3.63) is 47.0 Å². The Bertz CT molecular complexity index is 697. The van der Waals surface area contributed by atoms with E-state index >= 15 is 0 Å². The van der Waals surface area contributed by atoms with Crippen molar-refractivity contribution in [1.82, 2.24) is 0 Å². The van der Waals surface area contributed by atoms with Crippen LogP contribution in [-0.2, 0) is 12.6 Å². The Labute approximate surface area is 183 Å². The number of benzene rings is 1. The van der Waals surface area contributed by atoms with Gasteiger partial charge in [0, 0.05) is 0 Å². The van der Waals surface area contributed by atoms with Crippen molar-refractivity contribution in [2.45, 2.75) is 90.1 Å². The molecule has 2 aliphatic rings. The summed E-state index contributed by atoms with van der Waals surface area (Å²) in [5.41, 5.74) is -1.46. The van der Waals surface area contributed by atoms with Crippen molar-refractivity contribution in [2.24, 2.45) is 23.7 Å². The summed E-state index contributed by atoms with van der Waals surface area (Å²) in [5, 5.41) is 0. The highest BCUT2D eigenvalue weighted by molar-refractivity contribution is 5.28. The third-order valence-electron chi connectivity index (χ3n) is 7.55. The summed E-state index contributed by atoms with van der Waals surface area (Å²) in [6.45, 7) is 2.17. The highest BCUT2D eigenvalue weighted by atomic mass is 19.4. The summed E-state index contributed by atoms with van der Waals surface area (Å²) in [6.07, 6.45) is 13.2. The third kappa shape index (κ3) is 6.79. The molecule has 0 unspecified atom stereocenters. The molecule has 0 radical (unpaired) electrons. The smallest absolute Gasteiger partial charge is 0.206 e. The van der Waals surface area contributed by atoms with Gasteiger partial charge in [0.05, 0.1) is 0 Å². The fraction of sp³-hybridized carbons (Fsp3) is 0.692.